The summed E-state index contributed by atoms with van der Waals surface area (Å²) in [6.07, 6.45) is 3.00. The average molecular weight is 228 g/mol. The van der Waals surface area contributed by atoms with Crippen LogP contribution < -0.4 is 10.6 Å². The predicted octanol–water partition coefficient (Wildman–Crippen LogP) is 2.43. The number of nitrogens with zero attached hydrogens (tertiary/aromatic N) is 2. The van der Waals surface area contributed by atoms with Gasteiger partial charge in [0.25, 0.3) is 0 Å². The maximum Gasteiger partial charge on any atom is 0.323 e. The van der Waals surface area contributed by atoms with Crippen molar-refractivity contribution in [1.82, 2.24) is 9.97 Å². The summed E-state index contributed by atoms with van der Waals surface area (Å²) in [5.41, 5.74) is 2.06. The molecule has 5 nitrogen and oxygen atoms in total. The van der Waals surface area contributed by atoms with Crippen molar-refractivity contribution >= 4 is 17.4 Å². The largest absolute Gasteiger partial charge is 0.323 e. The van der Waals surface area contributed by atoms with Crippen molar-refractivity contribution in [1.29, 1.82) is 0 Å². The van der Waals surface area contributed by atoms with Crippen LogP contribution in [0.15, 0.2) is 42.9 Å². The van der Waals surface area contributed by atoms with Gasteiger partial charge in [0, 0.05) is 5.69 Å². The van der Waals surface area contributed by atoms with E-state index < -0.39 is 0 Å². The van der Waals surface area contributed by atoms with Crippen molar-refractivity contribution in [3.05, 3.63) is 48.5 Å². The fraction of sp³-hybridized carbons (Fsp3) is 0.0833. The number of hydrogen-bond donors (Lipinski definition) is 2. The van der Waals surface area contributed by atoms with E-state index in [9.17, 15) is 4.79 Å². The quantitative estimate of drug-likeness (QED) is 0.829. The summed E-state index contributed by atoms with van der Waals surface area (Å²) in [7, 11) is 0. The summed E-state index contributed by atoms with van der Waals surface area (Å²) in [6.45, 7) is 1.81. The summed E-state index contributed by atoms with van der Waals surface area (Å²) in [6, 6.07) is 8.91. The van der Waals surface area contributed by atoms with E-state index in [4.69, 9.17) is 0 Å². The van der Waals surface area contributed by atoms with Gasteiger partial charge in [-0.2, -0.15) is 0 Å². The monoisotopic (exact) mass is 228 g/mol. The van der Waals surface area contributed by atoms with E-state index in [0.29, 0.717) is 5.69 Å². The number of anilines is 2. The average Bonchev–Trinajstić information content (AvgIpc) is 2.33. The van der Waals surface area contributed by atoms with E-state index in [1.807, 2.05) is 30.3 Å². The van der Waals surface area contributed by atoms with Crippen LogP contribution in [0, 0.1) is 6.92 Å². The number of para-hydroxylation sites is 1. The second-order valence-electron chi connectivity index (χ2n) is 3.47. The van der Waals surface area contributed by atoms with Gasteiger partial charge in [-0.05, 0) is 19.1 Å². The molecule has 2 rings (SSSR count). The number of hydrogen-bond acceptors (Lipinski definition) is 3. The van der Waals surface area contributed by atoms with Gasteiger partial charge in [-0.25, -0.2) is 14.8 Å². The molecule has 1 heterocycles. The molecule has 0 aliphatic heterocycles. The van der Waals surface area contributed by atoms with E-state index in [1.165, 1.54) is 6.33 Å². The number of benzene rings is 1. The van der Waals surface area contributed by atoms with Crippen LogP contribution in [0.25, 0.3) is 0 Å². The topological polar surface area (TPSA) is 66.9 Å². The van der Waals surface area contributed by atoms with Gasteiger partial charge >= 0.3 is 6.03 Å². The van der Waals surface area contributed by atoms with Crippen molar-refractivity contribution in [3.63, 3.8) is 0 Å². The number of aryl methyl sites for hydroxylation is 1. The van der Waals surface area contributed by atoms with Crippen molar-refractivity contribution in [3.8, 4) is 0 Å². The molecule has 0 atom stereocenters. The van der Waals surface area contributed by atoms with Gasteiger partial charge in [-0.15, -0.1) is 0 Å². The van der Waals surface area contributed by atoms with Crippen molar-refractivity contribution < 1.29 is 4.79 Å². The van der Waals surface area contributed by atoms with Gasteiger partial charge in [0.15, 0.2) is 0 Å². The molecule has 0 spiro atoms. The van der Waals surface area contributed by atoms with E-state index in [2.05, 4.69) is 20.6 Å². The number of carbonyl (C=O) groups is 1. The maximum atomic E-state index is 11.7. The first-order chi connectivity index (χ1) is 8.25. The molecule has 0 bridgehead atoms. The third-order valence-corrected chi connectivity index (χ3v) is 2.19. The van der Waals surface area contributed by atoms with Crippen molar-refractivity contribution in [2.45, 2.75) is 6.92 Å². The number of rotatable bonds is 2. The molecule has 0 aliphatic carbocycles. The second-order valence-corrected chi connectivity index (χ2v) is 3.47. The first-order valence-corrected chi connectivity index (χ1v) is 5.15. The standard InChI is InChI=1S/C12H12N4O/c1-9-11(7-13-8-14-9)16-12(17)15-10-5-3-2-4-6-10/h2-8H,1H3,(H2,15,16,17). The van der Waals surface area contributed by atoms with Crippen LogP contribution in [0.3, 0.4) is 0 Å². The van der Waals surface area contributed by atoms with Crippen LogP contribution in [0.4, 0.5) is 16.2 Å². The summed E-state index contributed by atoms with van der Waals surface area (Å²) in [5, 5.41) is 5.40. The molecule has 86 valence electrons. The second kappa shape index (κ2) is 5.07. The first-order valence-electron chi connectivity index (χ1n) is 5.15. The summed E-state index contributed by atoms with van der Waals surface area (Å²) in [4.78, 5) is 19.5. The molecule has 0 saturated carbocycles. The number of amides is 2. The lowest BCUT2D eigenvalue weighted by atomic mass is 10.3. The van der Waals surface area contributed by atoms with Crippen LogP contribution >= 0.6 is 0 Å². The molecule has 0 unspecified atom stereocenters. The van der Waals surface area contributed by atoms with Gasteiger partial charge in [-0.1, -0.05) is 18.2 Å². The van der Waals surface area contributed by atoms with Gasteiger partial charge < -0.3 is 10.6 Å². The van der Waals surface area contributed by atoms with Crippen LogP contribution in [0.1, 0.15) is 5.69 Å². The summed E-state index contributed by atoms with van der Waals surface area (Å²) in [5.74, 6) is 0. The van der Waals surface area contributed by atoms with Gasteiger partial charge in [0.05, 0.1) is 17.6 Å². The van der Waals surface area contributed by atoms with Crippen LogP contribution in [-0.4, -0.2) is 16.0 Å². The summed E-state index contributed by atoms with van der Waals surface area (Å²) < 4.78 is 0. The molecule has 0 fully saturated rings. The molecular formula is C12H12N4O. The third-order valence-electron chi connectivity index (χ3n) is 2.19. The summed E-state index contributed by atoms with van der Waals surface area (Å²) >= 11 is 0. The number of carbonyl (C=O) groups excluding carboxylic acids is 1. The minimum absolute atomic E-state index is 0.311. The highest BCUT2D eigenvalue weighted by atomic mass is 16.2. The Morgan fingerprint density at radius 2 is 1.94 bits per heavy atom. The molecule has 2 amide bonds. The van der Waals surface area contributed by atoms with Gasteiger partial charge in [0.1, 0.15) is 6.33 Å². The molecule has 1 aromatic carbocycles. The molecular weight excluding hydrogens is 216 g/mol. The Hall–Kier alpha value is -2.43. The number of aromatic nitrogens is 2. The fourth-order valence-electron chi connectivity index (χ4n) is 1.32. The molecule has 1 aromatic heterocycles. The highest BCUT2D eigenvalue weighted by Gasteiger charge is 2.04. The molecule has 17 heavy (non-hydrogen) atoms. The predicted molar refractivity (Wildman–Crippen MR) is 65.9 cm³/mol. The smallest absolute Gasteiger partial charge is 0.308 e. The Morgan fingerprint density at radius 1 is 1.18 bits per heavy atom. The zero-order chi connectivity index (χ0) is 12.1. The van der Waals surface area contributed by atoms with E-state index in [1.54, 1.807) is 13.1 Å². The van der Waals surface area contributed by atoms with Gasteiger partial charge in [0.2, 0.25) is 0 Å². The molecule has 2 N–H and O–H groups in total. The molecule has 0 aliphatic rings. The minimum atomic E-state index is -0.311. The van der Waals surface area contributed by atoms with Gasteiger partial charge in [-0.3, -0.25) is 0 Å². The number of urea groups is 1. The Kier molecular flexibility index (Phi) is 3.30. The zero-order valence-corrected chi connectivity index (χ0v) is 9.34. The van der Waals surface area contributed by atoms with E-state index >= 15 is 0 Å². The molecule has 2 aromatic rings. The Balaban J connectivity index is 2.01. The van der Waals surface area contributed by atoms with Crippen molar-refractivity contribution in [2.24, 2.45) is 0 Å². The van der Waals surface area contributed by atoms with Crippen LogP contribution in [0.2, 0.25) is 0 Å². The van der Waals surface area contributed by atoms with Crippen molar-refractivity contribution in [2.75, 3.05) is 10.6 Å². The third kappa shape index (κ3) is 3.01. The maximum absolute atomic E-state index is 11.7. The Labute approximate surface area is 98.9 Å². The molecule has 0 radical (unpaired) electrons. The lowest BCUT2D eigenvalue weighted by Crippen LogP contribution is -2.20. The molecule has 0 saturated heterocycles. The Bertz CT molecular complexity index is 513. The van der Waals surface area contributed by atoms with E-state index in [0.717, 1.165) is 11.4 Å². The number of nitrogens with one attached hydrogen (secondary N) is 2. The highest BCUT2D eigenvalue weighted by molar-refractivity contribution is 5.99. The normalized spacial score (nSPS) is 9.71. The first kappa shape index (κ1) is 11.1. The lowest BCUT2D eigenvalue weighted by molar-refractivity contribution is 0.262. The Morgan fingerprint density at radius 3 is 2.65 bits per heavy atom. The highest BCUT2D eigenvalue weighted by Crippen LogP contribution is 2.10. The van der Waals surface area contributed by atoms with E-state index in [-0.39, 0.29) is 6.03 Å². The fourth-order valence-corrected chi connectivity index (χ4v) is 1.32. The SMILES string of the molecule is Cc1ncncc1NC(=O)Nc1ccccc1. The van der Waals surface area contributed by atoms with Crippen LogP contribution in [0.5, 0.6) is 0 Å². The zero-order valence-electron chi connectivity index (χ0n) is 9.34. The lowest BCUT2D eigenvalue weighted by Gasteiger charge is -2.08. The van der Waals surface area contributed by atoms with Crippen LogP contribution in [-0.2, 0) is 0 Å². The minimum Gasteiger partial charge on any atom is -0.308 e. The molecule has 5 heteroatoms.